The molecule has 144 valence electrons. The van der Waals surface area contributed by atoms with Crippen molar-refractivity contribution in [2.24, 2.45) is 0 Å². The van der Waals surface area contributed by atoms with Gasteiger partial charge in [0.15, 0.2) is 12.4 Å². The van der Waals surface area contributed by atoms with Gasteiger partial charge in [-0.2, -0.15) is 0 Å². The lowest BCUT2D eigenvalue weighted by Gasteiger charge is -2.26. The Labute approximate surface area is 163 Å². The fourth-order valence-corrected chi connectivity index (χ4v) is 2.24. The van der Waals surface area contributed by atoms with Crippen LogP contribution in [0, 0.1) is 0 Å². The number of hydrogen-bond acceptors (Lipinski definition) is 5. The van der Waals surface area contributed by atoms with Gasteiger partial charge in [0, 0.05) is 16.6 Å². The third-order valence-corrected chi connectivity index (χ3v) is 3.81. The molecule has 0 heterocycles. The Morgan fingerprint density at radius 3 is 2.27 bits per heavy atom. The molecule has 0 N–H and O–H groups in total. The molecule has 0 atom stereocenters. The Kier molecular flexibility index (Phi) is 8.78. The molecule has 1 amide bonds. The highest BCUT2D eigenvalue weighted by Gasteiger charge is 2.24. The molecular formula is C19H26BrNO5. The first-order valence-corrected chi connectivity index (χ1v) is 9.34. The fourth-order valence-electron chi connectivity index (χ4n) is 1.98. The molecule has 0 aromatic heterocycles. The van der Waals surface area contributed by atoms with Gasteiger partial charge in [0.2, 0.25) is 0 Å². The van der Waals surface area contributed by atoms with E-state index in [0.29, 0.717) is 12.1 Å². The molecule has 1 rings (SSSR count). The molecule has 0 fully saturated rings. The molecule has 1 aromatic rings. The summed E-state index contributed by atoms with van der Waals surface area (Å²) in [5, 5.41) is 0. The van der Waals surface area contributed by atoms with Crippen LogP contribution in [-0.2, 0) is 14.3 Å². The minimum atomic E-state index is -0.650. The number of ketones is 1. The Balaban J connectivity index is 2.58. The van der Waals surface area contributed by atoms with Crippen molar-refractivity contribution in [3.8, 4) is 0 Å². The van der Waals surface area contributed by atoms with E-state index in [4.69, 9.17) is 9.47 Å². The Hall–Kier alpha value is -1.89. The summed E-state index contributed by atoms with van der Waals surface area (Å²) in [6, 6.07) is 6.77. The third kappa shape index (κ3) is 8.47. The van der Waals surface area contributed by atoms with Crippen molar-refractivity contribution in [1.82, 2.24) is 4.90 Å². The largest absolute Gasteiger partial charge is 0.456 e. The van der Waals surface area contributed by atoms with Crippen LogP contribution in [0.25, 0.3) is 0 Å². The van der Waals surface area contributed by atoms with E-state index in [1.807, 2.05) is 6.92 Å². The van der Waals surface area contributed by atoms with Crippen LogP contribution in [-0.4, -0.2) is 48.0 Å². The molecule has 0 saturated carbocycles. The number of rotatable bonds is 8. The molecule has 6 nitrogen and oxygen atoms in total. The zero-order valence-corrected chi connectivity index (χ0v) is 17.3. The summed E-state index contributed by atoms with van der Waals surface area (Å²) in [6.45, 7) is 7.05. The second-order valence-corrected chi connectivity index (χ2v) is 7.76. The number of ether oxygens (including phenoxy) is 2. The van der Waals surface area contributed by atoms with E-state index in [1.165, 1.54) is 4.90 Å². The van der Waals surface area contributed by atoms with Gasteiger partial charge in [0.25, 0.3) is 0 Å². The van der Waals surface area contributed by atoms with E-state index < -0.39 is 17.7 Å². The van der Waals surface area contributed by atoms with Crippen LogP contribution in [0.15, 0.2) is 28.7 Å². The van der Waals surface area contributed by atoms with Crippen LogP contribution < -0.4 is 0 Å². The molecule has 0 radical (unpaired) electrons. The Bertz CT molecular complexity index is 622. The van der Waals surface area contributed by atoms with Crippen LogP contribution in [0.1, 0.15) is 50.9 Å². The van der Waals surface area contributed by atoms with Gasteiger partial charge in [-0.25, -0.2) is 4.79 Å². The SMILES string of the molecule is CCCCN(CC(=O)OCC(=O)c1ccc(Br)cc1)C(=O)OC(C)(C)C. The summed E-state index contributed by atoms with van der Waals surface area (Å²) in [7, 11) is 0. The Morgan fingerprint density at radius 2 is 1.73 bits per heavy atom. The predicted octanol–water partition coefficient (Wildman–Crippen LogP) is 4.21. The summed E-state index contributed by atoms with van der Waals surface area (Å²) in [5.74, 6) is -0.944. The second kappa shape index (κ2) is 10.3. The van der Waals surface area contributed by atoms with Gasteiger partial charge >= 0.3 is 12.1 Å². The minimum absolute atomic E-state index is 0.247. The zero-order chi connectivity index (χ0) is 19.7. The smallest absolute Gasteiger partial charge is 0.410 e. The summed E-state index contributed by atoms with van der Waals surface area (Å²) in [4.78, 5) is 37.6. The molecule has 0 unspecified atom stereocenters. The van der Waals surface area contributed by atoms with Crippen LogP contribution in [0.2, 0.25) is 0 Å². The quantitative estimate of drug-likeness (QED) is 0.458. The van der Waals surface area contributed by atoms with Gasteiger partial charge < -0.3 is 9.47 Å². The van der Waals surface area contributed by atoms with Crippen LogP contribution in [0.4, 0.5) is 4.79 Å². The number of Topliss-reactive ketones (excluding diaryl/α,β-unsaturated/α-hetero) is 1. The monoisotopic (exact) mass is 427 g/mol. The lowest BCUT2D eigenvalue weighted by atomic mass is 10.1. The van der Waals surface area contributed by atoms with Gasteiger partial charge in [-0.3, -0.25) is 14.5 Å². The van der Waals surface area contributed by atoms with Crippen LogP contribution in [0.5, 0.6) is 0 Å². The molecule has 1 aromatic carbocycles. The van der Waals surface area contributed by atoms with Crippen molar-refractivity contribution in [1.29, 1.82) is 0 Å². The first-order chi connectivity index (χ1) is 12.1. The summed E-state index contributed by atoms with van der Waals surface area (Å²) in [6.07, 6.45) is 1.04. The number of nitrogens with zero attached hydrogens (tertiary/aromatic N) is 1. The van der Waals surface area contributed by atoms with Gasteiger partial charge in [0.05, 0.1) is 0 Å². The van der Waals surface area contributed by atoms with Crippen molar-refractivity contribution in [3.63, 3.8) is 0 Å². The van der Waals surface area contributed by atoms with Gasteiger partial charge in [-0.15, -0.1) is 0 Å². The van der Waals surface area contributed by atoms with E-state index in [-0.39, 0.29) is 18.9 Å². The minimum Gasteiger partial charge on any atom is -0.456 e. The van der Waals surface area contributed by atoms with Crippen molar-refractivity contribution in [2.45, 2.75) is 46.1 Å². The average molecular weight is 428 g/mol. The molecule has 0 bridgehead atoms. The maximum absolute atomic E-state index is 12.2. The molecule has 0 aliphatic rings. The van der Waals surface area contributed by atoms with Crippen LogP contribution >= 0.6 is 15.9 Å². The molecule has 26 heavy (non-hydrogen) atoms. The van der Waals surface area contributed by atoms with Crippen molar-refractivity contribution in [2.75, 3.05) is 19.7 Å². The number of carbonyl (C=O) groups excluding carboxylic acids is 3. The first-order valence-electron chi connectivity index (χ1n) is 8.54. The average Bonchev–Trinajstić information content (AvgIpc) is 2.55. The molecule has 0 spiro atoms. The van der Waals surface area contributed by atoms with Crippen molar-refractivity contribution >= 4 is 33.8 Å². The second-order valence-electron chi connectivity index (χ2n) is 6.85. The normalized spacial score (nSPS) is 11.0. The fraction of sp³-hybridized carbons (Fsp3) is 0.526. The number of halogens is 1. The zero-order valence-electron chi connectivity index (χ0n) is 15.7. The van der Waals surface area contributed by atoms with E-state index in [1.54, 1.807) is 45.0 Å². The van der Waals surface area contributed by atoms with E-state index in [0.717, 1.165) is 17.3 Å². The van der Waals surface area contributed by atoms with Crippen LogP contribution in [0.3, 0.4) is 0 Å². The van der Waals surface area contributed by atoms with E-state index >= 15 is 0 Å². The molecular weight excluding hydrogens is 402 g/mol. The number of benzene rings is 1. The van der Waals surface area contributed by atoms with Gasteiger partial charge in [-0.1, -0.05) is 41.4 Å². The molecule has 0 aliphatic heterocycles. The highest BCUT2D eigenvalue weighted by Crippen LogP contribution is 2.12. The van der Waals surface area contributed by atoms with Crippen molar-refractivity contribution in [3.05, 3.63) is 34.3 Å². The lowest BCUT2D eigenvalue weighted by molar-refractivity contribution is -0.143. The first kappa shape index (κ1) is 22.2. The number of unbranched alkanes of at least 4 members (excludes halogenated alkanes) is 1. The predicted molar refractivity (Wildman–Crippen MR) is 102 cm³/mol. The standard InChI is InChI=1S/C19H26BrNO5/c1-5-6-11-21(18(24)26-19(2,3)4)12-17(23)25-13-16(22)14-7-9-15(20)10-8-14/h7-10H,5-6,11-13H2,1-4H3. The van der Waals surface area contributed by atoms with E-state index in [9.17, 15) is 14.4 Å². The highest BCUT2D eigenvalue weighted by atomic mass is 79.9. The highest BCUT2D eigenvalue weighted by molar-refractivity contribution is 9.10. The number of amides is 1. The lowest BCUT2D eigenvalue weighted by Crippen LogP contribution is -2.41. The van der Waals surface area contributed by atoms with Gasteiger partial charge in [-0.05, 0) is 39.3 Å². The number of esters is 1. The Morgan fingerprint density at radius 1 is 1.12 bits per heavy atom. The van der Waals surface area contributed by atoms with Gasteiger partial charge in [0.1, 0.15) is 12.1 Å². The topological polar surface area (TPSA) is 72.9 Å². The summed E-state index contributed by atoms with van der Waals surface area (Å²) in [5.41, 5.74) is -0.195. The molecule has 0 saturated heterocycles. The third-order valence-electron chi connectivity index (χ3n) is 3.28. The number of hydrogen-bond donors (Lipinski definition) is 0. The molecule has 0 aliphatic carbocycles. The number of carbonyl (C=O) groups is 3. The maximum Gasteiger partial charge on any atom is 0.410 e. The maximum atomic E-state index is 12.2. The molecule has 7 heteroatoms. The van der Waals surface area contributed by atoms with Crippen molar-refractivity contribution < 1.29 is 23.9 Å². The van der Waals surface area contributed by atoms with E-state index in [2.05, 4.69) is 15.9 Å². The summed E-state index contributed by atoms with van der Waals surface area (Å²) >= 11 is 3.29. The summed E-state index contributed by atoms with van der Waals surface area (Å²) < 4.78 is 11.2.